The standard InChI is InChI=1S/C9H13N5S/c1-7-3-4-15-8(7)5-10-6-9-11-13-14(2)12-9/h3-4,10H,5-6H2,1-2H3. The van der Waals surface area contributed by atoms with Crippen LogP contribution in [-0.4, -0.2) is 20.2 Å². The van der Waals surface area contributed by atoms with Gasteiger partial charge in [0.1, 0.15) is 0 Å². The molecular weight excluding hydrogens is 210 g/mol. The summed E-state index contributed by atoms with van der Waals surface area (Å²) in [6.45, 7) is 3.64. The lowest BCUT2D eigenvalue weighted by Gasteiger charge is -2.00. The van der Waals surface area contributed by atoms with Gasteiger partial charge in [-0.1, -0.05) is 0 Å². The summed E-state index contributed by atoms with van der Waals surface area (Å²) in [5, 5.41) is 17.1. The van der Waals surface area contributed by atoms with E-state index in [9.17, 15) is 0 Å². The quantitative estimate of drug-likeness (QED) is 0.835. The van der Waals surface area contributed by atoms with E-state index < -0.39 is 0 Å². The van der Waals surface area contributed by atoms with Crippen molar-refractivity contribution < 1.29 is 0 Å². The first kappa shape index (κ1) is 10.3. The van der Waals surface area contributed by atoms with Gasteiger partial charge < -0.3 is 5.32 Å². The Bertz CT molecular complexity index is 433. The molecule has 0 radical (unpaired) electrons. The SMILES string of the molecule is Cc1ccsc1CNCc1nnn(C)n1. The van der Waals surface area contributed by atoms with Crippen LogP contribution >= 0.6 is 11.3 Å². The molecule has 0 spiro atoms. The van der Waals surface area contributed by atoms with Gasteiger partial charge in [0.15, 0.2) is 5.82 Å². The maximum Gasteiger partial charge on any atom is 0.188 e. The Kier molecular flexibility index (Phi) is 3.08. The molecule has 0 atom stereocenters. The molecule has 6 heteroatoms. The van der Waals surface area contributed by atoms with Crippen molar-refractivity contribution in [1.82, 2.24) is 25.5 Å². The summed E-state index contributed by atoms with van der Waals surface area (Å²) >= 11 is 1.77. The fraction of sp³-hybridized carbons (Fsp3) is 0.444. The van der Waals surface area contributed by atoms with Crippen molar-refractivity contribution in [2.24, 2.45) is 7.05 Å². The summed E-state index contributed by atoms with van der Waals surface area (Å²) in [5.41, 5.74) is 1.33. The van der Waals surface area contributed by atoms with Crippen molar-refractivity contribution in [3.05, 3.63) is 27.7 Å². The van der Waals surface area contributed by atoms with E-state index in [2.05, 4.69) is 39.1 Å². The third-order valence-corrected chi connectivity index (χ3v) is 3.11. The van der Waals surface area contributed by atoms with E-state index in [1.807, 2.05) is 0 Å². The van der Waals surface area contributed by atoms with Crippen LogP contribution in [0.5, 0.6) is 0 Å². The minimum atomic E-state index is 0.658. The molecule has 0 unspecified atom stereocenters. The number of nitrogens with zero attached hydrogens (tertiary/aromatic N) is 4. The average Bonchev–Trinajstić information content (AvgIpc) is 2.77. The summed E-state index contributed by atoms with van der Waals surface area (Å²) in [7, 11) is 1.76. The van der Waals surface area contributed by atoms with Crippen molar-refractivity contribution in [3.63, 3.8) is 0 Å². The lowest BCUT2D eigenvalue weighted by atomic mass is 10.3. The number of hydrogen-bond acceptors (Lipinski definition) is 5. The molecule has 2 rings (SSSR count). The molecule has 1 N–H and O–H groups in total. The highest BCUT2D eigenvalue weighted by atomic mass is 32.1. The van der Waals surface area contributed by atoms with Crippen LogP contribution in [0.2, 0.25) is 0 Å². The first-order valence-electron chi connectivity index (χ1n) is 4.72. The summed E-state index contributed by atoms with van der Waals surface area (Å²) in [6.07, 6.45) is 0. The maximum absolute atomic E-state index is 4.09. The third kappa shape index (κ3) is 2.60. The van der Waals surface area contributed by atoms with Crippen LogP contribution in [0.1, 0.15) is 16.3 Å². The van der Waals surface area contributed by atoms with Crippen LogP contribution in [-0.2, 0) is 20.1 Å². The number of thiophene rings is 1. The van der Waals surface area contributed by atoms with Gasteiger partial charge >= 0.3 is 0 Å². The minimum Gasteiger partial charge on any atom is -0.305 e. The first-order valence-corrected chi connectivity index (χ1v) is 5.60. The summed E-state index contributed by atoms with van der Waals surface area (Å²) in [4.78, 5) is 2.83. The first-order chi connectivity index (χ1) is 7.25. The number of hydrogen-bond donors (Lipinski definition) is 1. The van der Waals surface area contributed by atoms with Crippen LogP contribution in [0.15, 0.2) is 11.4 Å². The molecular formula is C9H13N5S. The smallest absolute Gasteiger partial charge is 0.188 e. The van der Waals surface area contributed by atoms with Crippen LogP contribution in [0.4, 0.5) is 0 Å². The lowest BCUT2D eigenvalue weighted by molar-refractivity contribution is 0.620. The molecule has 2 aromatic rings. The Morgan fingerprint density at radius 3 is 2.93 bits per heavy atom. The molecule has 2 aromatic heterocycles. The molecule has 0 aliphatic carbocycles. The Hall–Kier alpha value is -1.27. The molecule has 0 fully saturated rings. The maximum atomic E-state index is 4.09. The summed E-state index contributed by atoms with van der Waals surface area (Å²) in [6, 6.07) is 2.13. The highest BCUT2D eigenvalue weighted by Gasteiger charge is 2.01. The molecule has 0 aliphatic heterocycles. The lowest BCUT2D eigenvalue weighted by Crippen LogP contribution is -2.13. The molecule has 0 amide bonds. The van der Waals surface area contributed by atoms with E-state index >= 15 is 0 Å². The second kappa shape index (κ2) is 4.50. The van der Waals surface area contributed by atoms with Crippen molar-refractivity contribution in [2.45, 2.75) is 20.0 Å². The van der Waals surface area contributed by atoms with Crippen molar-refractivity contribution in [1.29, 1.82) is 0 Å². The Morgan fingerprint density at radius 1 is 1.47 bits per heavy atom. The molecule has 0 bridgehead atoms. The zero-order chi connectivity index (χ0) is 10.7. The van der Waals surface area contributed by atoms with Gasteiger partial charge in [0.25, 0.3) is 0 Å². The molecule has 0 saturated carbocycles. The van der Waals surface area contributed by atoms with E-state index in [4.69, 9.17) is 0 Å². The van der Waals surface area contributed by atoms with Gasteiger partial charge in [0.05, 0.1) is 13.6 Å². The minimum absolute atomic E-state index is 0.658. The predicted octanol–water partition coefficient (Wildman–Crippen LogP) is 0.870. The van der Waals surface area contributed by atoms with Crippen molar-refractivity contribution in [2.75, 3.05) is 0 Å². The Balaban J connectivity index is 1.83. The monoisotopic (exact) mass is 223 g/mol. The second-order valence-electron chi connectivity index (χ2n) is 3.33. The fourth-order valence-corrected chi connectivity index (χ4v) is 2.14. The number of tetrazole rings is 1. The second-order valence-corrected chi connectivity index (χ2v) is 4.33. The van der Waals surface area contributed by atoms with Crippen LogP contribution in [0, 0.1) is 6.92 Å². The normalized spacial score (nSPS) is 10.8. The zero-order valence-electron chi connectivity index (χ0n) is 8.77. The highest BCUT2D eigenvalue weighted by Crippen LogP contribution is 2.14. The van der Waals surface area contributed by atoms with E-state index in [1.54, 1.807) is 18.4 Å². The van der Waals surface area contributed by atoms with E-state index in [-0.39, 0.29) is 0 Å². The van der Waals surface area contributed by atoms with Crippen LogP contribution < -0.4 is 5.32 Å². The van der Waals surface area contributed by atoms with Crippen molar-refractivity contribution >= 4 is 11.3 Å². The number of aryl methyl sites for hydroxylation is 2. The number of rotatable bonds is 4. The molecule has 5 nitrogen and oxygen atoms in total. The van der Waals surface area contributed by atoms with E-state index in [0.29, 0.717) is 6.54 Å². The Morgan fingerprint density at radius 2 is 2.33 bits per heavy atom. The van der Waals surface area contributed by atoms with Crippen LogP contribution in [0.25, 0.3) is 0 Å². The molecule has 0 aromatic carbocycles. The topological polar surface area (TPSA) is 55.6 Å². The van der Waals surface area contributed by atoms with E-state index in [0.717, 1.165) is 12.4 Å². The number of aromatic nitrogens is 4. The fourth-order valence-electron chi connectivity index (χ4n) is 1.27. The molecule has 15 heavy (non-hydrogen) atoms. The number of nitrogens with one attached hydrogen (secondary N) is 1. The van der Waals surface area contributed by atoms with Crippen LogP contribution in [0.3, 0.4) is 0 Å². The third-order valence-electron chi connectivity index (χ3n) is 2.09. The predicted molar refractivity (Wildman–Crippen MR) is 58.4 cm³/mol. The molecule has 0 saturated heterocycles. The van der Waals surface area contributed by atoms with Gasteiger partial charge in [-0.05, 0) is 29.1 Å². The zero-order valence-corrected chi connectivity index (χ0v) is 9.58. The van der Waals surface area contributed by atoms with Gasteiger partial charge in [0.2, 0.25) is 0 Å². The highest BCUT2D eigenvalue weighted by molar-refractivity contribution is 7.10. The van der Waals surface area contributed by atoms with Gasteiger partial charge in [-0.3, -0.25) is 0 Å². The van der Waals surface area contributed by atoms with Gasteiger partial charge in [-0.2, -0.15) is 4.80 Å². The average molecular weight is 223 g/mol. The Labute approximate surface area is 92.1 Å². The molecule has 2 heterocycles. The van der Waals surface area contributed by atoms with Gasteiger partial charge in [-0.15, -0.1) is 21.5 Å². The largest absolute Gasteiger partial charge is 0.305 e. The summed E-state index contributed by atoms with van der Waals surface area (Å²) in [5.74, 6) is 0.728. The van der Waals surface area contributed by atoms with Gasteiger partial charge in [0, 0.05) is 11.4 Å². The van der Waals surface area contributed by atoms with E-state index in [1.165, 1.54) is 15.2 Å². The summed E-state index contributed by atoms with van der Waals surface area (Å²) < 4.78 is 0. The van der Waals surface area contributed by atoms with Gasteiger partial charge in [-0.25, -0.2) is 0 Å². The molecule has 80 valence electrons. The van der Waals surface area contributed by atoms with Crippen molar-refractivity contribution in [3.8, 4) is 0 Å². The molecule has 0 aliphatic rings.